The van der Waals surface area contributed by atoms with Gasteiger partial charge in [-0.25, -0.2) is 0 Å². The molecule has 0 bridgehead atoms. The van der Waals surface area contributed by atoms with Crippen LogP contribution in [0.2, 0.25) is 0 Å². The van der Waals surface area contributed by atoms with Gasteiger partial charge in [0.1, 0.15) is 0 Å². The van der Waals surface area contributed by atoms with Crippen molar-refractivity contribution < 1.29 is 39.6 Å². The van der Waals surface area contributed by atoms with E-state index in [1.807, 2.05) is 0 Å². The third-order valence-corrected chi connectivity index (χ3v) is 8.12. The van der Waals surface area contributed by atoms with Crippen LogP contribution in [-0.4, -0.2) is 44.3 Å². The highest BCUT2D eigenvalue weighted by Gasteiger charge is 2.21. The maximum Gasteiger partial charge on any atom is 0.306 e. The van der Waals surface area contributed by atoms with E-state index in [1.165, 1.54) is 51.4 Å². The SMILES string of the molecule is CCCCCCC(CCCCCCCCCCCCCCC(CCCC(CCC(=O)O)C(=O)O)C(=O)O)C(=O)O. The summed E-state index contributed by atoms with van der Waals surface area (Å²) in [7, 11) is 0. The summed E-state index contributed by atoms with van der Waals surface area (Å²) in [6.45, 7) is 2.17. The molecule has 3 unspecified atom stereocenters. The quantitative estimate of drug-likeness (QED) is 0.0627. The molecule has 234 valence electrons. The van der Waals surface area contributed by atoms with E-state index in [0.29, 0.717) is 25.7 Å². The lowest BCUT2D eigenvalue weighted by Gasteiger charge is -2.15. The van der Waals surface area contributed by atoms with E-state index in [0.717, 1.165) is 64.2 Å². The van der Waals surface area contributed by atoms with Crippen LogP contribution < -0.4 is 0 Å². The van der Waals surface area contributed by atoms with Crippen LogP contribution in [0.15, 0.2) is 0 Å². The minimum absolute atomic E-state index is 0.0801. The molecule has 0 aliphatic rings. The highest BCUT2D eigenvalue weighted by Crippen LogP contribution is 2.23. The molecule has 0 aliphatic carbocycles. The number of hydrogen-bond donors (Lipinski definition) is 4. The number of hydrogen-bond acceptors (Lipinski definition) is 4. The molecule has 0 spiro atoms. The third kappa shape index (κ3) is 22.7. The second kappa shape index (κ2) is 25.8. The predicted molar refractivity (Wildman–Crippen MR) is 157 cm³/mol. The fourth-order valence-electron chi connectivity index (χ4n) is 5.45. The normalized spacial score (nSPS) is 13.5. The number of carboxylic acids is 4. The van der Waals surface area contributed by atoms with Crippen LogP contribution in [-0.2, 0) is 19.2 Å². The Kier molecular flexibility index (Phi) is 24.5. The molecular formula is C32H58O8. The minimum atomic E-state index is -1.02. The lowest BCUT2D eigenvalue weighted by molar-refractivity contribution is -0.144. The molecule has 8 heteroatoms. The van der Waals surface area contributed by atoms with Gasteiger partial charge in [-0.15, -0.1) is 0 Å². The first-order chi connectivity index (χ1) is 19.2. The van der Waals surface area contributed by atoms with Crippen LogP contribution in [0.5, 0.6) is 0 Å². The fourth-order valence-corrected chi connectivity index (χ4v) is 5.45. The zero-order valence-electron chi connectivity index (χ0n) is 25.1. The molecule has 0 heterocycles. The average Bonchev–Trinajstić information content (AvgIpc) is 2.89. The third-order valence-electron chi connectivity index (χ3n) is 8.12. The zero-order chi connectivity index (χ0) is 30.0. The van der Waals surface area contributed by atoms with Crippen LogP contribution in [0, 0.1) is 17.8 Å². The fraction of sp³-hybridized carbons (Fsp3) is 0.875. The van der Waals surface area contributed by atoms with Gasteiger partial charge in [-0.2, -0.15) is 0 Å². The standard InChI is InChI=1S/C32H58O8/c1-2-3-4-15-19-26(30(35)36)20-16-13-11-9-7-5-6-8-10-12-14-17-21-27(31(37)38)22-18-23-28(32(39)40)24-25-29(33)34/h26-28H,2-25H2,1H3,(H,33,34)(H,35,36)(H,37,38)(H,39,40). The van der Waals surface area contributed by atoms with Crippen molar-refractivity contribution in [2.24, 2.45) is 17.8 Å². The molecule has 0 fully saturated rings. The summed E-state index contributed by atoms with van der Waals surface area (Å²) in [5, 5.41) is 36.9. The largest absolute Gasteiger partial charge is 0.481 e. The Morgan fingerprint density at radius 1 is 0.400 bits per heavy atom. The molecule has 0 saturated heterocycles. The van der Waals surface area contributed by atoms with Gasteiger partial charge in [0.2, 0.25) is 0 Å². The van der Waals surface area contributed by atoms with Crippen LogP contribution in [0.4, 0.5) is 0 Å². The molecule has 0 aromatic rings. The molecule has 0 aromatic carbocycles. The maximum atomic E-state index is 11.6. The van der Waals surface area contributed by atoms with Gasteiger partial charge >= 0.3 is 23.9 Å². The molecule has 0 amide bonds. The molecule has 0 aromatic heterocycles. The van der Waals surface area contributed by atoms with Gasteiger partial charge in [-0.1, -0.05) is 116 Å². The molecule has 3 atom stereocenters. The summed E-state index contributed by atoms with van der Waals surface area (Å²) in [6, 6.07) is 0. The number of rotatable bonds is 30. The van der Waals surface area contributed by atoms with Crippen LogP contribution >= 0.6 is 0 Å². The van der Waals surface area contributed by atoms with Gasteiger partial charge in [0.25, 0.3) is 0 Å². The first kappa shape index (κ1) is 37.9. The Morgan fingerprint density at radius 3 is 0.975 bits per heavy atom. The summed E-state index contributed by atoms with van der Waals surface area (Å²) in [6.07, 6.45) is 21.5. The van der Waals surface area contributed by atoms with E-state index >= 15 is 0 Å². The van der Waals surface area contributed by atoms with Crippen molar-refractivity contribution in [3.05, 3.63) is 0 Å². The van der Waals surface area contributed by atoms with Crippen LogP contribution in [0.25, 0.3) is 0 Å². The first-order valence-corrected chi connectivity index (χ1v) is 16.1. The van der Waals surface area contributed by atoms with E-state index in [-0.39, 0.29) is 18.8 Å². The topological polar surface area (TPSA) is 149 Å². The zero-order valence-corrected chi connectivity index (χ0v) is 25.1. The molecule has 40 heavy (non-hydrogen) atoms. The summed E-state index contributed by atoms with van der Waals surface area (Å²) in [5.41, 5.74) is 0. The molecule has 0 radical (unpaired) electrons. The highest BCUT2D eigenvalue weighted by atomic mass is 16.4. The van der Waals surface area contributed by atoms with Gasteiger partial charge in [0.15, 0.2) is 0 Å². The van der Waals surface area contributed by atoms with Gasteiger partial charge in [-0.3, -0.25) is 19.2 Å². The van der Waals surface area contributed by atoms with Crippen molar-refractivity contribution in [3.8, 4) is 0 Å². The summed E-state index contributed by atoms with van der Waals surface area (Å²) in [5.74, 6) is -4.85. The number of carbonyl (C=O) groups is 4. The summed E-state index contributed by atoms with van der Waals surface area (Å²) in [4.78, 5) is 45.0. The number of unbranched alkanes of at least 4 members (excludes halogenated alkanes) is 14. The van der Waals surface area contributed by atoms with Gasteiger partial charge in [-0.05, 0) is 38.5 Å². The molecule has 4 N–H and O–H groups in total. The molecule has 0 aliphatic heterocycles. The van der Waals surface area contributed by atoms with Crippen molar-refractivity contribution in [3.63, 3.8) is 0 Å². The van der Waals surface area contributed by atoms with Gasteiger partial charge in [0.05, 0.1) is 17.8 Å². The Labute approximate surface area is 242 Å². The second-order valence-electron chi connectivity index (χ2n) is 11.6. The number of aliphatic carboxylic acids is 4. The van der Waals surface area contributed by atoms with Crippen LogP contribution in [0.3, 0.4) is 0 Å². The van der Waals surface area contributed by atoms with Crippen molar-refractivity contribution in [2.45, 2.75) is 161 Å². The lowest BCUT2D eigenvalue weighted by Crippen LogP contribution is -2.17. The summed E-state index contributed by atoms with van der Waals surface area (Å²) >= 11 is 0. The lowest BCUT2D eigenvalue weighted by atomic mass is 9.91. The average molecular weight is 571 g/mol. The molecule has 0 saturated carbocycles. The van der Waals surface area contributed by atoms with Crippen LogP contribution in [0.1, 0.15) is 161 Å². The monoisotopic (exact) mass is 570 g/mol. The van der Waals surface area contributed by atoms with Gasteiger partial charge in [0, 0.05) is 6.42 Å². The Morgan fingerprint density at radius 2 is 0.675 bits per heavy atom. The predicted octanol–water partition coefficient (Wildman–Crippen LogP) is 8.56. The smallest absolute Gasteiger partial charge is 0.306 e. The molecule has 8 nitrogen and oxygen atoms in total. The van der Waals surface area contributed by atoms with Crippen molar-refractivity contribution >= 4 is 23.9 Å². The second-order valence-corrected chi connectivity index (χ2v) is 11.6. The highest BCUT2D eigenvalue weighted by molar-refractivity contribution is 5.72. The Bertz CT molecular complexity index is 678. The minimum Gasteiger partial charge on any atom is -0.481 e. The van der Waals surface area contributed by atoms with Crippen molar-refractivity contribution in [2.75, 3.05) is 0 Å². The molecular weight excluding hydrogens is 512 g/mol. The van der Waals surface area contributed by atoms with Gasteiger partial charge < -0.3 is 20.4 Å². The first-order valence-electron chi connectivity index (χ1n) is 16.1. The van der Waals surface area contributed by atoms with E-state index in [2.05, 4.69) is 6.92 Å². The van der Waals surface area contributed by atoms with E-state index in [1.54, 1.807) is 0 Å². The molecule has 0 rings (SSSR count). The Balaban J connectivity index is 3.74. The van der Waals surface area contributed by atoms with Crippen molar-refractivity contribution in [1.29, 1.82) is 0 Å². The van der Waals surface area contributed by atoms with E-state index < -0.39 is 35.7 Å². The maximum absolute atomic E-state index is 11.6. The number of carboxylic acid groups (broad SMARTS) is 4. The van der Waals surface area contributed by atoms with E-state index in [9.17, 15) is 34.5 Å². The Hall–Kier alpha value is -2.12. The van der Waals surface area contributed by atoms with E-state index in [4.69, 9.17) is 5.11 Å². The summed E-state index contributed by atoms with van der Waals surface area (Å²) < 4.78 is 0. The van der Waals surface area contributed by atoms with Crippen molar-refractivity contribution in [1.82, 2.24) is 0 Å².